The van der Waals surface area contributed by atoms with Crippen LogP contribution in [0.4, 0.5) is 4.79 Å². The molecule has 1 atom stereocenters. The molecule has 0 spiro atoms. The zero-order valence-corrected chi connectivity index (χ0v) is 10.9. The van der Waals surface area contributed by atoms with Crippen LogP contribution in [0.5, 0.6) is 0 Å². The normalized spacial score (nSPS) is 19.7. The lowest BCUT2D eigenvalue weighted by Gasteiger charge is -2.34. The Kier molecular flexibility index (Phi) is 5.41. The van der Waals surface area contributed by atoms with Crippen molar-refractivity contribution in [2.24, 2.45) is 5.92 Å². The van der Waals surface area contributed by atoms with Gasteiger partial charge in [-0.15, -0.1) is 5.06 Å². The lowest BCUT2D eigenvalue weighted by Crippen LogP contribution is -2.59. The number of barbiturate groups is 1. The van der Waals surface area contributed by atoms with Gasteiger partial charge in [0, 0.05) is 12.6 Å². The van der Waals surface area contributed by atoms with E-state index < -0.39 is 23.8 Å². The van der Waals surface area contributed by atoms with Gasteiger partial charge in [0.15, 0.2) is 0 Å². The number of nitrogens with zero attached hydrogens (tertiary/aromatic N) is 2. The van der Waals surface area contributed by atoms with Crippen molar-refractivity contribution < 1.29 is 24.0 Å². The molecule has 0 bridgehead atoms. The van der Waals surface area contributed by atoms with E-state index in [1.807, 2.05) is 6.92 Å². The minimum Gasteiger partial charge on any atom is -0.273 e. The van der Waals surface area contributed by atoms with E-state index >= 15 is 0 Å². The van der Waals surface area contributed by atoms with Gasteiger partial charge >= 0.3 is 6.03 Å². The second-order valence-electron chi connectivity index (χ2n) is 3.94. The van der Waals surface area contributed by atoms with E-state index in [0.717, 1.165) is 17.4 Å². The van der Waals surface area contributed by atoms with Crippen molar-refractivity contribution in [3.63, 3.8) is 0 Å². The van der Waals surface area contributed by atoms with Gasteiger partial charge in [0.2, 0.25) is 5.91 Å². The third kappa shape index (κ3) is 3.07. The number of urea groups is 1. The van der Waals surface area contributed by atoms with Gasteiger partial charge in [0.25, 0.3) is 5.91 Å². The van der Waals surface area contributed by atoms with Crippen molar-refractivity contribution in [2.75, 3.05) is 13.2 Å². The van der Waals surface area contributed by atoms with Crippen molar-refractivity contribution in [3.8, 4) is 0 Å². The maximum Gasteiger partial charge on any atom is 0.358 e. The predicted molar refractivity (Wildman–Crippen MR) is 64.2 cm³/mol. The highest BCUT2D eigenvalue weighted by Crippen LogP contribution is 2.19. The van der Waals surface area contributed by atoms with Crippen molar-refractivity contribution in [3.05, 3.63) is 6.08 Å². The molecule has 1 saturated heterocycles. The number of unbranched alkanes of at least 4 members (excludes halogenated alkanes) is 1. The Morgan fingerprint density at radius 3 is 2.47 bits per heavy atom. The van der Waals surface area contributed by atoms with Gasteiger partial charge in [-0.25, -0.2) is 9.59 Å². The topological polar surface area (TPSA) is 84.0 Å². The smallest absolute Gasteiger partial charge is 0.273 e. The summed E-state index contributed by atoms with van der Waals surface area (Å²) in [4.78, 5) is 52.1. The molecule has 1 fully saturated rings. The molecule has 0 N–H and O–H groups in total. The second-order valence-corrected chi connectivity index (χ2v) is 3.94. The molecule has 1 unspecified atom stereocenters. The standard InChI is InChI=1S/C12H16N2O5/c1-3-5-7-13-10(16)9(6-8-15)11(17)14(12(13)18)19-4-2/h6,9H,3-5,7H2,1-2H3. The van der Waals surface area contributed by atoms with Crippen LogP contribution in [0, 0.1) is 5.92 Å². The summed E-state index contributed by atoms with van der Waals surface area (Å²) in [5, 5.41) is 0.537. The molecule has 1 aliphatic rings. The number of hydroxylamine groups is 2. The molecule has 7 nitrogen and oxygen atoms in total. The summed E-state index contributed by atoms with van der Waals surface area (Å²) in [5.41, 5.74) is 0. The molecule has 7 heteroatoms. The van der Waals surface area contributed by atoms with Gasteiger partial charge in [0.1, 0.15) is 11.9 Å². The van der Waals surface area contributed by atoms with Gasteiger partial charge in [-0.3, -0.25) is 19.3 Å². The van der Waals surface area contributed by atoms with E-state index in [1.54, 1.807) is 6.92 Å². The number of carbonyl (C=O) groups excluding carboxylic acids is 4. The maximum atomic E-state index is 12.0. The molecule has 1 rings (SSSR count). The Bertz CT molecular complexity index is 428. The average molecular weight is 268 g/mol. The van der Waals surface area contributed by atoms with Gasteiger partial charge in [-0.2, -0.15) is 0 Å². The first-order chi connectivity index (χ1) is 9.08. The SMILES string of the molecule is CCCCN1C(=O)C(C=C=O)C(=O)N(OCC)C1=O. The molecule has 0 aromatic heterocycles. The van der Waals surface area contributed by atoms with Crippen LogP contribution in [0.3, 0.4) is 0 Å². The molecule has 0 aliphatic carbocycles. The number of amides is 4. The quantitative estimate of drug-likeness (QED) is 0.518. The Balaban J connectivity index is 3.04. The van der Waals surface area contributed by atoms with Crippen LogP contribution >= 0.6 is 0 Å². The summed E-state index contributed by atoms with van der Waals surface area (Å²) in [6, 6.07) is -0.805. The number of hydrogen-bond acceptors (Lipinski definition) is 5. The first-order valence-electron chi connectivity index (χ1n) is 6.11. The number of hydrogen-bond donors (Lipinski definition) is 0. The van der Waals surface area contributed by atoms with Crippen LogP contribution in [-0.4, -0.2) is 46.9 Å². The summed E-state index contributed by atoms with van der Waals surface area (Å²) in [6.07, 6.45) is 2.21. The first-order valence-corrected chi connectivity index (χ1v) is 6.11. The highest BCUT2D eigenvalue weighted by atomic mass is 16.7. The summed E-state index contributed by atoms with van der Waals surface area (Å²) in [7, 11) is 0. The van der Waals surface area contributed by atoms with Crippen molar-refractivity contribution in [2.45, 2.75) is 26.7 Å². The zero-order chi connectivity index (χ0) is 14.4. The van der Waals surface area contributed by atoms with Gasteiger partial charge in [0.05, 0.1) is 6.61 Å². The Morgan fingerprint density at radius 1 is 1.26 bits per heavy atom. The molecule has 1 aliphatic heterocycles. The van der Waals surface area contributed by atoms with E-state index in [-0.39, 0.29) is 13.2 Å². The van der Waals surface area contributed by atoms with Crippen LogP contribution in [0.15, 0.2) is 6.08 Å². The Morgan fingerprint density at radius 2 is 1.95 bits per heavy atom. The molecular weight excluding hydrogens is 252 g/mol. The fourth-order valence-corrected chi connectivity index (χ4v) is 1.68. The second kappa shape index (κ2) is 6.82. The average Bonchev–Trinajstić information content (AvgIpc) is 2.40. The highest BCUT2D eigenvalue weighted by Gasteiger charge is 2.45. The minimum absolute atomic E-state index is 0.102. The van der Waals surface area contributed by atoms with Crippen LogP contribution in [0.1, 0.15) is 26.7 Å². The van der Waals surface area contributed by atoms with Gasteiger partial charge < -0.3 is 0 Å². The third-order valence-electron chi connectivity index (χ3n) is 2.63. The third-order valence-corrected chi connectivity index (χ3v) is 2.63. The number of carbonyl (C=O) groups is 3. The van der Waals surface area contributed by atoms with Crippen molar-refractivity contribution in [1.82, 2.24) is 9.96 Å². The number of rotatable bonds is 6. The van der Waals surface area contributed by atoms with E-state index in [0.29, 0.717) is 11.5 Å². The fourth-order valence-electron chi connectivity index (χ4n) is 1.68. The molecule has 0 aromatic carbocycles. The summed E-state index contributed by atoms with van der Waals surface area (Å²) >= 11 is 0. The van der Waals surface area contributed by atoms with Crippen LogP contribution < -0.4 is 0 Å². The van der Waals surface area contributed by atoms with E-state index in [4.69, 9.17) is 4.84 Å². The van der Waals surface area contributed by atoms with E-state index in [1.165, 1.54) is 5.94 Å². The molecule has 4 amide bonds. The fraction of sp³-hybridized carbons (Fsp3) is 0.583. The monoisotopic (exact) mass is 268 g/mol. The van der Waals surface area contributed by atoms with Gasteiger partial charge in [-0.1, -0.05) is 13.3 Å². The lowest BCUT2D eigenvalue weighted by atomic mass is 10.0. The van der Waals surface area contributed by atoms with E-state index in [9.17, 15) is 19.2 Å². The van der Waals surface area contributed by atoms with E-state index in [2.05, 4.69) is 0 Å². The highest BCUT2D eigenvalue weighted by molar-refractivity contribution is 6.17. The van der Waals surface area contributed by atoms with Crippen molar-refractivity contribution in [1.29, 1.82) is 0 Å². The minimum atomic E-state index is -1.33. The van der Waals surface area contributed by atoms with Crippen molar-refractivity contribution >= 4 is 23.8 Å². The first kappa shape index (κ1) is 15.1. The molecule has 104 valence electrons. The molecule has 1 heterocycles. The van der Waals surface area contributed by atoms with Crippen LogP contribution in [-0.2, 0) is 19.2 Å². The van der Waals surface area contributed by atoms with Gasteiger partial charge in [-0.05, 0) is 13.3 Å². The molecule has 19 heavy (non-hydrogen) atoms. The number of imide groups is 2. The Hall–Kier alpha value is -1.98. The zero-order valence-electron chi connectivity index (χ0n) is 10.9. The Labute approximate surface area is 110 Å². The predicted octanol–water partition coefficient (Wildman–Crippen LogP) is 0.533. The summed E-state index contributed by atoms with van der Waals surface area (Å²) in [5.74, 6) is -1.48. The molecule has 0 aromatic rings. The molecule has 0 radical (unpaired) electrons. The maximum absolute atomic E-state index is 12.0. The summed E-state index contributed by atoms with van der Waals surface area (Å²) in [6.45, 7) is 3.81. The van der Waals surface area contributed by atoms with Crippen LogP contribution in [0.2, 0.25) is 0 Å². The largest absolute Gasteiger partial charge is 0.358 e. The molecule has 0 saturated carbocycles. The van der Waals surface area contributed by atoms with Crippen LogP contribution in [0.25, 0.3) is 0 Å². The lowest BCUT2D eigenvalue weighted by molar-refractivity contribution is -0.182. The summed E-state index contributed by atoms with van der Waals surface area (Å²) < 4.78 is 0. The molecular formula is C12H16N2O5.